The number of carbonyl (C=O) groups excluding carboxylic acids is 1. The average molecular weight is 372 g/mol. The van der Waals surface area contributed by atoms with Crippen LogP contribution in [0.25, 0.3) is 22.0 Å². The van der Waals surface area contributed by atoms with Gasteiger partial charge in [-0.25, -0.2) is 4.79 Å². The number of aryl methyl sites for hydroxylation is 1. The van der Waals surface area contributed by atoms with Crippen LogP contribution in [0.5, 0.6) is 0 Å². The number of benzene rings is 3. The van der Waals surface area contributed by atoms with Gasteiger partial charge in [0.05, 0.1) is 5.39 Å². The molecule has 4 rings (SSSR count). The van der Waals surface area contributed by atoms with E-state index in [0.29, 0.717) is 17.1 Å². The molecule has 0 aliphatic rings. The number of nitrogens with one attached hydrogen (secondary N) is 2. The quantitative estimate of drug-likeness (QED) is 0.454. The van der Waals surface area contributed by atoms with Crippen LogP contribution in [0.1, 0.15) is 12.5 Å². The SMILES string of the molecule is CCc1cccc(NC(=O)Nc2ccc(-c3cccc4noc(N)c34)cc2)c1. The smallest absolute Gasteiger partial charge is 0.323 e. The van der Waals surface area contributed by atoms with Crippen LogP contribution in [-0.2, 0) is 6.42 Å². The van der Waals surface area contributed by atoms with Gasteiger partial charge in [-0.15, -0.1) is 0 Å². The van der Waals surface area contributed by atoms with Gasteiger partial charge in [-0.2, -0.15) is 0 Å². The molecule has 0 saturated heterocycles. The van der Waals surface area contributed by atoms with Gasteiger partial charge >= 0.3 is 6.03 Å². The second-order valence-corrected chi connectivity index (χ2v) is 6.46. The molecule has 0 fully saturated rings. The first-order valence-electron chi connectivity index (χ1n) is 9.05. The summed E-state index contributed by atoms with van der Waals surface area (Å²) in [5, 5.41) is 10.4. The van der Waals surface area contributed by atoms with Crippen molar-refractivity contribution in [2.24, 2.45) is 0 Å². The van der Waals surface area contributed by atoms with E-state index in [1.807, 2.05) is 66.7 Å². The van der Waals surface area contributed by atoms with E-state index >= 15 is 0 Å². The second-order valence-electron chi connectivity index (χ2n) is 6.46. The summed E-state index contributed by atoms with van der Waals surface area (Å²) in [7, 11) is 0. The third-order valence-corrected chi connectivity index (χ3v) is 4.58. The molecule has 140 valence electrons. The highest BCUT2D eigenvalue weighted by atomic mass is 16.5. The van der Waals surface area contributed by atoms with Crippen LogP contribution in [0.3, 0.4) is 0 Å². The number of urea groups is 1. The van der Waals surface area contributed by atoms with Crippen LogP contribution in [0.15, 0.2) is 71.3 Å². The van der Waals surface area contributed by atoms with Crippen LogP contribution < -0.4 is 16.4 Å². The van der Waals surface area contributed by atoms with Gasteiger partial charge in [-0.05, 0) is 53.4 Å². The number of rotatable bonds is 4. The number of hydrogen-bond donors (Lipinski definition) is 3. The lowest BCUT2D eigenvalue weighted by molar-refractivity contribution is 0.262. The topological polar surface area (TPSA) is 93.2 Å². The Labute approximate surface area is 162 Å². The molecule has 6 nitrogen and oxygen atoms in total. The molecule has 0 atom stereocenters. The van der Waals surface area contributed by atoms with Crippen LogP contribution in [-0.4, -0.2) is 11.2 Å². The highest BCUT2D eigenvalue weighted by molar-refractivity contribution is 6.02. The molecule has 6 heteroatoms. The molecule has 28 heavy (non-hydrogen) atoms. The van der Waals surface area contributed by atoms with E-state index in [2.05, 4.69) is 22.7 Å². The molecule has 0 spiro atoms. The van der Waals surface area contributed by atoms with Gasteiger partial charge in [-0.1, -0.05) is 48.5 Å². The van der Waals surface area contributed by atoms with E-state index in [4.69, 9.17) is 10.3 Å². The summed E-state index contributed by atoms with van der Waals surface area (Å²) in [6.07, 6.45) is 0.919. The average Bonchev–Trinajstić information content (AvgIpc) is 3.10. The van der Waals surface area contributed by atoms with Crippen molar-refractivity contribution in [1.29, 1.82) is 0 Å². The highest BCUT2D eigenvalue weighted by Gasteiger charge is 2.11. The van der Waals surface area contributed by atoms with Gasteiger partial charge in [0.25, 0.3) is 0 Å². The summed E-state index contributed by atoms with van der Waals surface area (Å²) in [5.74, 6) is 0.293. The van der Waals surface area contributed by atoms with E-state index in [1.165, 1.54) is 5.56 Å². The second kappa shape index (κ2) is 7.44. The maximum atomic E-state index is 12.3. The molecule has 0 saturated carbocycles. The highest BCUT2D eigenvalue weighted by Crippen LogP contribution is 2.32. The molecule has 0 radical (unpaired) electrons. The Bertz CT molecular complexity index is 1130. The number of nitrogens with two attached hydrogens (primary N) is 1. The molecule has 1 heterocycles. The predicted molar refractivity (Wildman–Crippen MR) is 112 cm³/mol. The fourth-order valence-corrected chi connectivity index (χ4v) is 3.16. The minimum Gasteiger partial charge on any atom is -0.367 e. The molecule has 0 aliphatic heterocycles. The molecular formula is C22H20N4O2. The lowest BCUT2D eigenvalue weighted by Gasteiger charge is -2.10. The first-order valence-corrected chi connectivity index (χ1v) is 9.05. The van der Waals surface area contributed by atoms with Crippen molar-refractivity contribution in [2.75, 3.05) is 16.4 Å². The summed E-state index contributed by atoms with van der Waals surface area (Å²) in [6.45, 7) is 2.08. The van der Waals surface area contributed by atoms with E-state index < -0.39 is 0 Å². The van der Waals surface area contributed by atoms with Crippen LogP contribution >= 0.6 is 0 Å². The van der Waals surface area contributed by atoms with Gasteiger partial charge in [0.2, 0.25) is 5.88 Å². The lowest BCUT2D eigenvalue weighted by atomic mass is 10.0. The Morgan fingerprint density at radius 1 is 1.00 bits per heavy atom. The van der Waals surface area contributed by atoms with Crippen molar-refractivity contribution < 1.29 is 9.32 Å². The molecule has 0 aliphatic carbocycles. The Morgan fingerprint density at radius 2 is 1.75 bits per heavy atom. The monoisotopic (exact) mass is 372 g/mol. The van der Waals surface area contributed by atoms with Crippen molar-refractivity contribution in [1.82, 2.24) is 5.16 Å². The molecule has 4 aromatic rings. The largest absolute Gasteiger partial charge is 0.367 e. The number of aromatic nitrogens is 1. The van der Waals surface area contributed by atoms with Crippen molar-refractivity contribution >= 4 is 34.2 Å². The first kappa shape index (κ1) is 17.6. The van der Waals surface area contributed by atoms with E-state index in [0.717, 1.165) is 28.6 Å². The van der Waals surface area contributed by atoms with Crippen LogP contribution in [0.4, 0.5) is 22.1 Å². The maximum Gasteiger partial charge on any atom is 0.323 e. The first-order chi connectivity index (χ1) is 13.6. The summed E-state index contributed by atoms with van der Waals surface area (Å²) in [5.41, 5.74) is 11.1. The number of hydrogen-bond acceptors (Lipinski definition) is 4. The van der Waals surface area contributed by atoms with Crippen molar-refractivity contribution in [3.05, 3.63) is 72.3 Å². The van der Waals surface area contributed by atoms with Gasteiger partial charge < -0.3 is 20.9 Å². The van der Waals surface area contributed by atoms with Crippen LogP contribution in [0.2, 0.25) is 0 Å². The standard InChI is InChI=1S/C22H20N4O2/c1-2-14-5-3-6-17(13-14)25-22(27)24-16-11-9-15(10-12-16)18-7-4-8-19-20(18)21(23)28-26-19/h3-13H,2,23H2,1H3,(H2,24,25,27). The number of nitrogens with zero attached hydrogens (tertiary/aromatic N) is 1. The predicted octanol–water partition coefficient (Wildman–Crippen LogP) is 5.28. The zero-order valence-electron chi connectivity index (χ0n) is 15.4. The molecular weight excluding hydrogens is 352 g/mol. The minimum atomic E-state index is -0.286. The van der Waals surface area contributed by atoms with Gasteiger partial charge in [0, 0.05) is 11.4 Å². The third-order valence-electron chi connectivity index (χ3n) is 4.58. The molecule has 4 N–H and O–H groups in total. The number of amides is 2. The molecule has 2 amide bonds. The Hall–Kier alpha value is -3.80. The van der Waals surface area contributed by atoms with Gasteiger partial charge in [-0.3, -0.25) is 0 Å². The Balaban J connectivity index is 1.50. The number of carbonyl (C=O) groups is 1. The summed E-state index contributed by atoms with van der Waals surface area (Å²) < 4.78 is 5.09. The normalized spacial score (nSPS) is 10.8. The maximum absolute atomic E-state index is 12.3. The number of anilines is 3. The van der Waals surface area contributed by atoms with E-state index in [1.54, 1.807) is 0 Å². The minimum absolute atomic E-state index is 0.286. The number of fused-ring (bicyclic) bond motifs is 1. The Morgan fingerprint density at radius 3 is 2.54 bits per heavy atom. The fourth-order valence-electron chi connectivity index (χ4n) is 3.16. The third kappa shape index (κ3) is 3.53. The van der Waals surface area contributed by atoms with E-state index in [9.17, 15) is 4.79 Å². The number of nitrogen functional groups attached to an aromatic ring is 1. The summed E-state index contributed by atoms with van der Waals surface area (Å²) >= 11 is 0. The molecule has 0 unspecified atom stereocenters. The lowest BCUT2D eigenvalue weighted by Crippen LogP contribution is -2.19. The van der Waals surface area contributed by atoms with Gasteiger partial charge in [0.15, 0.2) is 0 Å². The van der Waals surface area contributed by atoms with Crippen LogP contribution in [0, 0.1) is 0 Å². The van der Waals surface area contributed by atoms with Crippen molar-refractivity contribution in [3.63, 3.8) is 0 Å². The molecule has 3 aromatic carbocycles. The zero-order valence-corrected chi connectivity index (χ0v) is 15.4. The molecule has 1 aromatic heterocycles. The van der Waals surface area contributed by atoms with Crippen molar-refractivity contribution in [3.8, 4) is 11.1 Å². The summed E-state index contributed by atoms with van der Waals surface area (Å²) in [4.78, 5) is 12.3. The summed E-state index contributed by atoms with van der Waals surface area (Å²) in [6, 6.07) is 20.8. The van der Waals surface area contributed by atoms with E-state index in [-0.39, 0.29) is 6.03 Å². The zero-order chi connectivity index (χ0) is 19.5. The Kier molecular flexibility index (Phi) is 4.68. The molecule has 0 bridgehead atoms. The van der Waals surface area contributed by atoms with Gasteiger partial charge in [0.1, 0.15) is 5.52 Å². The van der Waals surface area contributed by atoms with Crippen molar-refractivity contribution in [2.45, 2.75) is 13.3 Å². The fraction of sp³-hybridized carbons (Fsp3) is 0.0909.